The molecule has 2 aliphatic rings. The van der Waals surface area contributed by atoms with Gasteiger partial charge >= 0.3 is 25.0 Å². The molecule has 11 rings (SSSR count). The molecule has 2 fully saturated rings. The van der Waals surface area contributed by atoms with Crippen LogP contribution < -0.4 is 33.0 Å². The lowest BCUT2D eigenvalue weighted by atomic mass is 9.79. The molecule has 0 unspecified atom stereocenters. The number of nitrogens with one attached hydrogen (secondary N) is 5. The molecule has 6 heterocycles. The second kappa shape index (κ2) is 55.8. The van der Waals surface area contributed by atoms with Crippen molar-refractivity contribution in [1.82, 2.24) is 40.0 Å². The Labute approximate surface area is 769 Å². The number of aromatic hydroxyl groups is 4. The van der Waals surface area contributed by atoms with Crippen molar-refractivity contribution in [3.63, 3.8) is 0 Å². The van der Waals surface area contributed by atoms with Gasteiger partial charge in [-0.05, 0) is 151 Å². The number of hydrogen-bond acceptors (Lipinski definition) is 20. The van der Waals surface area contributed by atoms with Crippen molar-refractivity contribution < 1.29 is 81.4 Å². The third-order valence-electron chi connectivity index (χ3n) is 20.9. The zero-order valence-electron chi connectivity index (χ0n) is 75.1. The highest BCUT2D eigenvalue weighted by molar-refractivity contribution is 9.93. The minimum Gasteiger partial charge on any atom is -0.507 e. The van der Waals surface area contributed by atoms with Crippen LogP contribution in [0.5, 0.6) is 23.0 Å². The number of hydrogen-bond donors (Lipinski definition) is 11. The summed E-state index contributed by atoms with van der Waals surface area (Å²) in [6, 6.07) is 32.8. The molecule has 9 aromatic rings. The third-order valence-corrected chi connectivity index (χ3v) is 21.7. The first kappa shape index (κ1) is 109. The minimum atomic E-state index is -1.36. The first-order chi connectivity index (χ1) is 61.1. The second-order valence-corrected chi connectivity index (χ2v) is 32.1. The molecule has 5 aromatic carbocycles. The first-order valence-corrected chi connectivity index (χ1v) is 47.8. The van der Waals surface area contributed by atoms with Crippen molar-refractivity contribution in [1.29, 1.82) is 0 Å². The molecule has 33 heteroatoms. The number of aromatic amines is 4. The topological polar surface area (TPSA) is 371 Å². The van der Waals surface area contributed by atoms with Crippen LogP contribution in [-0.4, -0.2) is 168 Å². The lowest BCUT2D eigenvalue weighted by molar-refractivity contribution is 0.0510. The maximum absolute atomic E-state index is 14.1. The number of amides is 1. The van der Waals surface area contributed by atoms with Crippen LogP contribution in [0.15, 0.2) is 139 Å². The number of H-pyrrole nitrogens is 4. The van der Waals surface area contributed by atoms with E-state index in [0.717, 1.165) is 117 Å². The number of aryl methyl sites for hydroxylation is 4. The summed E-state index contributed by atoms with van der Waals surface area (Å²) >= 11 is 8.69. The van der Waals surface area contributed by atoms with Crippen molar-refractivity contribution >= 4 is 80.6 Å². The highest BCUT2D eigenvalue weighted by Gasteiger charge is 2.32. The Hall–Kier alpha value is -10.00. The van der Waals surface area contributed by atoms with E-state index < -0.39 is 76.4 Å². The number of piperazine rings is 2. The van der Waals surface area contributed by atoms with Gasteiger partial charge in [0.25, 0.3) is 28.1 Å². The van der Waals surface area contributed by atoms with Crippen molar-refractivity contribution in [2.24, 2.45) is 0 Å². The molecule has 1 amide bonds. The van der Waals surface area contributed by atoms with Crippen LogP contribution in [-0.2, 0) is 53.0 Å². The van der Waals surface area contributed by atoms with E-state index in [0.29, 0.717) is 120 Å². The molecule has 2 saturated heterocycles. The number of benzene rings is 5. The molecule has 2 aliphatic heterocycles. The summed E-state index contributed by atoms with van der Waals surface area (Å²) in [5.74, 6) is -6.45. The van der Waals surface area contributed by atoms with Crippen LogP contribution in [0.25, 0.3) is 22.3 Å². The van der Waals surface area contributed by atoms with Gasteiger partial charge in [0.05, 0.1) is 24.3 Å². The summed E-state index contributed by atoms with van der Waals surface area (Å²) in [7, 11) is -1.36. The first-order valence-electron chi connectivity index (χ1n) is 43.3. The van der Waals surface area contributed by atoms with Gasteiger partial charge in [-0.25, -0.2) is 31.9 Å². The number of nitrogens with zero attached hydrogens (tertiary/aromatic N) is 3. The van der Waals surface area contributed by atoms with Gasteiger partial charge in [-0.3, -0.25) is 33.8 Å². The largest absolute Gasteiger partial charge is 0.507 e. The molecule has 0 saturated carbocycles. The van der Waals surface area contributed by atoms with E-state index in [-0.39, 0.29) is 83.1 Å². The van der Waals surface area contributed by atoms with E-state index in [1.54, 1.807) is 45.0 Å². The number of carbonyl (C=O) groups excluding carboxylic acids is 4. The van der Waals surface area contributed by atoms with Gasteiger partial charge < -0.3 is 74.8 Å². The van der Waals surface area contributed by atoms with Crippen molar-refractivity contribution in [3.05, 3.63) is 257 Å². The molecule has 0 bridgehead atoms. The molecule has 0 spiro atoms. The average molecular weight is 1970 g/mol. The van der Waals surface area contributed by atoms with Crippen LogP contribution in [0.3, 0.4) is 0 Å². The molecule has 0 radical (unpaired) electrons. The number of ether oxygens (including phenoxy) is 3. The summed E-state index contributed by atoms with van der Waals surface area (Å²) in [5, 5.41) is 62.7. The molecule has 0 aliphatic carbocycles. The average Bonchev–Trinajstić information content (AvgIpc) is 0.768. The summed E-state index contributed by atoms with van der Waals surface area (Å²) < 4.78 is 68.6. The zero-order chi connectivity index (χ0) is 95.0. The van der Waals surface area contributed by atoms with Gasteiger partial charge in [0, 0.05) is 145 Å². The molecule has 696 valence electrons. The Morgan fingerprint density at radius 2 is 0.812 bits per heavy atom. The number of unbranched alkanes of at least 4 members (excludes halogenated alkanes) is 4. The highest BCUT2D eigenvalue weighted by Crippen LogP contribution is 2.38. The van der Waals surface area contributed by atoms with Crippen molar-refractivity contribution in [3.8, 4) is 45.3 Å². The van der Waals surface area contributed by atoms with Crippen LogP contribution in [0.1, 0.15) is 251 Å². The number of halogens is 7. The Morgan fingerprint density at radius 1 is 0.445 bits per heavy atom. The number of aromatic nitrogens is 4. The Morgan fingerprint density at radius 3 is 1.23 bits per heavy atom. The van der Waals surface area contributed by atoms with Crippen LogP contribution in [0.4, 0.5) is 17.6 Å². The maximum atomic E-state index is 14.1. The molecular formula is C95H122BBr3F4N8O17. The summed E-state index contributed by atoms with van der Waals surface area (Å²) in [4.78, 5) is 114. The molecular weight excluding hydrogens is 1850 g/mol. The fourth-order valence-electron chi connectivity index (χ4n) is 13.7. The van der Waals surface area contributed by atoms with Gasteiger partial charge in [0.1, 0.15) is 22.8 Å². The maximum Gasteiger partial charge on any atom is 0.488 e. The Kier molecular flexibility index (Phi) is 47.3. The fourth-order valence-corrected chi connectivity index (χ4v) is 14.2. The monoisotopic (exact) mass is 1970 g/mol. The van der Waals surface area contributed by atoms with Gasteiger partial charge in [-0.2, -0.15) is 0 Å². The van der Waals surface area contributed by atoms with E-state index in [4.69, 9.17) is 24.3 Å². The van der Waals surface area contributed by atoms with Crippen molar-refractivity contribution in [2.45, 2.75) is 198 Å². The molecule has 4 aromatic heterocycles. The van der Waals surface area contributed by atoms with Crippen LogP contribution in [0.2, 0.25) is 0 Å². The quantitative estimate of drug-likeness (QED) is 0.00897. The van der Waals surface area contributed by atoms with Crippen molar-refractivity contribution in [2.75, 3.05) is 72.2 Å². The SMILES string of the molecule is BrBr.CC(C)c1cccc(B(O)O)c1.CCCCc1[nH]c(=O)c(C(=O)N2CCN(Cc3cccc(F)c3F)CC2)c(O)c1-c1cccc(C(C)C)c1.CCCCc1[nH]c(=O)c(C(=O)OCC)c(O)c1-c1cccc(C(C)C)c1.CCCCc1[nH]c(=O)c(C(=O)OCC)c(O)c1Br.CCCCc1cc(O)c(C(=O)OCC)c(=O)[nH]1.Fc1cccc(CN2CCNCC2)c1F. The van der Waals surface area contributed by atoms with Gasteiger partial charge in [-0.1, -0.05) is 192 Å². The third kappa shape index (κ3) is 32.0. The van der Waals surface area contributed by atoms with E-state index >= 15 is 0 Å². The lowest BCUT2D eigenvalue weighted by Crippen LogP contribution is -2.49. The smallest absolute Gasteiger partial charge is 0.488 e. The Balaban J connectivity index is 0.000000284. The lowest BCUT2D eigenvalue weighted by Gasteiger charge is -2.35. The van der Waals surface area contributed by atoms with Crippen LogP contribution >= 0.6 is 44.2 Å². The summed E-state index contributed by atoms with van der Waals surface area (Å²) in [6.45, 7) is 31.8. The minimum absolute atomic E-state index is 0.132. The van der Waals surface area contributed by atoms with Gasteiger partial charge in [0.15, 0.2) is 45.7 Å². The number of rotatable bonds is 29. The molecule has 0 atom stereocenters. The highest BCUT2D eigenvalue weighted by atomic mass is 80.9. The molecule has 25 nitrogen and oxygen atoms in total. The zero-order valence-corrected chi connectivity index (χ0v) is 79.9. The predicted molar refractivity (Wildman–Crippen MR) is 504 cm³/mol. The van der Waals surface area contributed by atoms with E-state index in [1.807, 2.05) is 85.5 Å². The van der Waals surface area contributed by atoms with Gasteiger partial charge in [-0.15, -0.1) is 0 Å². The normalized spacial score (nSPS) is 12.4. The fraction of sp³-hybridized carbons (Fsp3) is 0.432. The summed E-state index contributed by atoms with van der Waals surface area (Å²) in [6.07, 6.45) is 9.79. The molecule has 11 N–H and O–H groups in total. The van der Waals surface area contributed by atoms with Gasteiger partial charge in [0.2, 0.25) is 0 Å². The number of carbonyl (C=O) groups is 4. The van der Waals surface area contributed by atoms with E-state index in [2.05, 4.69) is 130 Å². The van der Waals surface area contributed by atoms with E-state index in [9.17, 15) is 76.3 Å². The summed E-state index contributed by atoms with van der Waals surface area (Å²) in [5.41, 5.74) is 5.87. The number of esters is 3. The predicted octanol–water partition coefficient (Wildman–Crippen LogP) is 17.4. The number of pyridine rings is 4. The van der Waals surface area contributed by atoms with Crippen LogP contribution in [0, 0.1) is 23.3 Å². The Bertz CT molecular complexity index is 5320. The second-order valence-electron chi connectivity index (χ2n) is 31.3. The molecule has 128 heavy (non-hydrogen) atoms. The van der Waals surface area contributed by atoms with E-state index in [1.165, 1.54) is 17.0 Å². The standard InChI is InChI=1S/C30H35F2N3O3.C21H27NO4.C12H16BrNO4.C12H17NO4.C11H14F2N2.C9H13BO2.Br2/c1-4-5-12-24-25(21-9-6-8-20(17-21)19(2)3)28(36)26(29(37)33-24)30(38)35-15-13-34(14-16-35)18-22-10-7-11-23(31)27(22)32;1-5-7-11-16-17(15-10-8-9-14(12-15)13(3)4)19(23)18(20(24)22-16)21(25)26-6-2;1-3-5-6-7-9(13)10(15)8(11(16)14-7)12(17)18-4-2;1-3-5-6-8-7-9(14)10(11(15)13-8)12(16)17-4-2;12-10-3-1-2-9(11(10)13)8-15-6-4-14-5-7-15;1-7(2)8-4-3-5-9(6-8)10(11)12;1-2/h6-11,17,19H,4-5,12-16,18H2,1-3H3,(H2,33,36,37);8-10,12-13H,5-7,11H2,1-4H3,(H2,22,23,24);3-6H2,1-2H3,(H2,14,15,16);7H,3-6H2,1-2H3,(H2,13,14,15);1-3,14H,4-8H2;3-7,11-12H,1-2H3;.